The molecule has 1 aliphatic rings. The lowest BCUT2D eigenvalue weighted by atomic mass is 10.1. The minimum Gasteiger partial charge on any atom is -0.374 e. The van der Waals surface area contributed by atoms with Crippen molar-refractivity contribution in [2.45, 2.75) is 6.18 Å². The van der Waals surface area contributed by atoms with E-state index in [0.717, 1.165) is 43.4 Å². The van der Waals surface area contributed by atoms with Crippen LogP contribution in [-0.4, -0.2) is 45.4 Å². The Labute approximate surface area is 180 Å². The maximum Gasteiger partial charge on any atom is 0.416 e. The summed E-state index contributed by atoms with van der Waals surface area (Å²) in [5.74, 6) is 0.546. The first-order chi connectivity index (χ1) is 14.4. The highest BCUT2D eigenvalue weighted by molar-refractivity contribution is 7.09. The molecule has 4 rings (SSSR count). The zero-order valence-electron chi connectivity index (χ0n) is 15.7. The lowest BCUT2D eigenvalue weighted by molar-refractivity contribution is -0.137. The minimum atomic E-state index is -4.34. The van der Waals surface area contributed by atoms with Gasteiger partial charge in [0.25, 0.3) is 0 Å². The average molecular weight is 452 g/mol. The largest absolute Gasteiger partial charge is 0.416 e. The Morgan fingerprint density at radius 2 is 1.87 bits per heavy atom. The topological polar surface area (TPSA) is 45.2 Å². The molecule has 10 heteroatoms. The first kappa shape index (κ1) is 20.6. The summed E-state index contributed by atoms with van der Waals surface area (Å²) in [5, 5.41) is 1.39. The molecule has 5 nitrogen and oxygen atoms in total. The van der Waals surface area contributed by atoms with Gasteiger partial charge in [-0.25, -0.2) is 0 Å². The summed E-state index contributed by atoms with van der Waals surface area (Å²) in [6, 6.07) is 8.73. The molecule has 0 bridgehead atoms. The van der Waals surface area contributed by atoms with Crippen molar-refractivity contribution in [3.63, 3.8) is 0 Å². The standard InChI is InChI=1S/C20H17ClF3N5S/c21-16-4-6-25-17(13-16)18-26-19(30-27-18)29-10-8-28(9-11-29)7-5-14-2-1-3-15(12-14)20(22,23)24/h1-7,12-13H,8-11H2. The number of aromatic nitrogens is 3. The van der Waals surface area contributed by atoms with Gasteiger partial charge in [0.2, 0.25) is 5.13 Å². The van der Waals surface area contributed by atoms with E-state index < -0.39 is 11.7 Å². The van der Waals surface area contributed by atoms with E-state index in [9.17, 15) is 13.2 Å². The van der Waals surface area contributed by atoms with Crippen LogP contribution in [0.25, 0.3) is 17.6 Å². The second kappa shape index (κ2) is 8.61. The van der Waals surface area contributed by atoms with Crippen LogP contribution in [0.15, 0.2) is 48.8 Å². The van der Waals surface area contributed by atoms with Crippen molar-refractivity contribution < 1.29 is 13.2 Å². The highest BCUT2D eigenvalue weighted by Crippen LogP contribution is 2.30. The van der Waals surface area contributed by atoms with Crippen LogP contribution < -0.4 is 4.90 Å². The summed E-state index contributed by atoms with van der Waals surface area (Å²) in [6.45, 7) is 2.95. The van der Waals surface area contributed by atoms with Gasteiger partial charge in [-0.15, -0.1) is 0 Å². The number of benzene rings is 1. The normalized spacial score (nSPS) is 15.2. The van der Waals surface area contributed by atoms with Crippen molar-refractivity contribution in [2.75, 3.05) is 31.1 Å². The predicted molar refractivity (Wildman–Crippen MR) is 112 cm³/mol. The lowest BCUT2D eigenvalue weighted by Crippen LogP contribution is -2.44. The highest BCUT2D eigenvalue weighted by Gasteiger charge is 2.30. The molecule has 0 spiro atoms. The van der Waals surface area contributed by atoms with Gasteiger partial charge in [0.05, 0.1) is 5.56 Å². The van der Waals surface area contributed by atoms with E-state index >= 15 is 0 Å². The Hall–Kier alpha value is -2.65. The number of alkyl halides is 3. The first-order valence-electron chi connectivity index (χ1n) is 9.18. The molecule has 0 N–H and O–H groups in total. The summed E-state index contributed by atoms with van der Waals surface area (Å²) in [7, 11) is 0. The molecule has 1 saturated heterocycles. The number of rotatable bonds is 4. The molecule has 0 saturated carbocycles. The molecule has 1 fully saturated rings. The number of pyridine rings is 1. The number of anilines is 1. The second-order valence-corrected chi connectivity index (χ2v) is 7.89. The first-order valence-corrected chi connectivity index (χ1v) is 10.3. The van der Waals surface area contributed by atoms with Crippen LogP contribution in [0.2, 0.25) is 5.02 Å². The lowest BCUT2D eigenvalue weighted by Gasteiger charge is -2.33. The molecule has 0 amide bonds. The second-order valence-electron chi connectivity index (χ2n) is 6.72. The van der Waals surface area contributed by atoms with Crippen molar-refractivity contribution in [1.82, 2.24) is 19.2 Å². The fourth-order valence-electron chi connectivity index (χ4n) is 3.05. The molecule has 0 radical (unpaired) electrons. The third-order valence-corrected chi connectivity index (χ3v) is 5.66. The van der Waals surface area contributed by atoms with Gasteiger partial charge in [-0.1, -0.05) is 23.7 Å². The van der Waals surface area contributed by atoms with E-state index in [4.69, 9.17) is 11.6 Å². The third-order valence-electron chi connectivity index (χ3n) is 4.64. The van der Waals surface area contributed by atoms with Crippen molar-refractivity contribution in [3.8, 4) is 11.5 Å². The predicted octanol–water partition coefficient (Wildman–Crippen LogP) is 5.07. The van der Waals surface area contributed by atoms with Crippen LogP contribution in [0.1, 0.15) is 11.1 Å². The summed E-state index contributed by atoms with van der Waals surface area (Å²) < 4.78 is 42.9. The maximum atomic E-state index is 12.8. The number of hydrogen-bond acceptors (Lipinski definition) is 6. The summed E-state index contributed by atoms with van der Waals surface area (Å²) in [4.78, 5) is 13.0. The van der Waals surface area contributed by atoms with Crippen LogP contribution in [0.3, 0.4) is 0 Å². The fraction of sp³-hybridized carbons (Fsp3) is 0.250. The smallest absolute Gasteiger partial charge is 0.374 e. The van der Waals surface area contributed by atoms with Gasteiger partial charge >= 0.3 is 6.18 Å². The van der Waals surface area contributed by atoms with Gasteiger partial charge < -0.3 is 9.80 Å². The zero-order valence-corrected chi connectivity index (χ0v) is 17.3. The van der Waals surface area contributed by atoms with Crippen molar-refractivity contribution >= 4 is 34.3 Å². The quantitative estimate of drug-likeness (QED) is 0.554. The Morgan fingerprint density at radius 1 is 1.07 bits per heavy atom. The minimum absolute atomic E-state index is 0.523. The fourth-order valence-corrected chi connectivity index (χ4v) is 3.93. The molecule has 0 unspecified atom stereocenters. The summed E-state index contributed by atoms with van der Waals surface area (Å²) in [6.07, 6.45) is 0.831. The molecule has 156 valence electrons. The van der Waals surface area contributed by atoms with E-state index in [2.05, 4.69) is 24.1 Å². The van der Waals surface area contributed by atoms with E-state index in [1.165, 1.54) is 17.6 Å². The molecule has 2 aromatic heterocycles. The van der Waals surface area contributed by atoms with Crippen LogP contribution in [-0.2, 0) is 6.18 Å². The number of halogens is 4. The van der Waals surface area contributed by atoms with Gasteiger partial charge in [-0.2, -0.15) is 22.5 Å². The molecule has 3 aromatic rings. The average Bonchev–Trinajstić information content (AvgIpc) is 3.23. The SMILES string of the molecule is FC(F)(F)c1cccc(C=CN2CCN(c3nc(-c4cc(Cl)ccn4)ns3)CC2)c1. The van der Waals surface area contributed by atoms with E-state index in [1.807, 2.05) is 6.20 Å². The van der Waals surface area contributed by atoms with E-state index in [0.29, 0.717) is 22.1 Å². The molecule has 30 heavy (non-hydrogen) atoms. The Bertz CT molecular complexity index is 1040. The molecular weight excluding hydrogens is 435 g/mol. The molecule has 3 heterocycles. The van der Waals surface area contributed by atoms with Crippen LogP contribution in [0, 0.1) is 0 Å². The number of nitrogens with zero attached hydrogens (tertiary/aromatic N) is 5. The van der Waals surface area contributed by atoms with Crippen molar-refractivity contribution in [1.29, 1.82) is 0 Å². The molecular formula is C20H17ClF3N5S. The van der Waals surface area contributed by atoms with Crippen molar-refractivity contribution in [2.24, 2.45) is 0 Å². The molecule has 1 aliphatic heterocycles. The molecule has 0 aliphatic carbocycles. The third kappa shape index (κ3) is 4.91. The monoisotopic (exact) mass is 451 g/mol. The zero-order chi connectivity index (χ0) is 21.1. The Balaban J connectivity index is 1.36. The van der Waals surface area contributed by atoms with Gasteiger partial charge in [0, 0.05) is 48.9 Å². The van der Waals surface area contributed by atoms with Gasteiger partial charge in [0.15, 0.2) is 5.82 Å². The van der Waals surface area contributed by atoms with Gasteiger partial charge in [-0.05, 0) is 42.1 Å². The Morgan fingerprint density at radius 3 is 2.60 bits per heavy atom. The maximum absolute atomic E-state index is 12.8. The van der Waals surface area contributed by atoms with Crippen LogP contribution >= 0.6 is 23.1 Å². The summed E-state index contributed by atoms with van der Waals surface area (Å²) in [5.41, 5.74) is 0.512. The van der Waals surface area contributed by atoms with E-state index in [1.54, 1.807) is 30.5 Å². The van der Waals surface area contributed by atoms with Crippen molar-refractivity contribution in [3.05, 3.63) is 64.9 Å². The molecule has 0 atom stereocenters. The van der Waals surface area contributed by atoms with Crippen LogP contribution in [0.5, 0.6) is 0 Å². The highest BCUT2D eigenvalue weighted by atomic mass is 35.5. The summed E-state index contributed by atoms with van der Waals surface area (Å²) >= 11 is 7.31. The van der Waals surface area contributed by atoms with Gasteiger partial charge in [0.1, 0.15) is 5.69 Å². The van der Waals surface area contributed by atoms with E-state index in [-0.39, 0.29) is 0 Å². The van der Waals surface area contributed by atoms with Crippen LogP contribution in [0.4, 0.5) is 18.3 Å². The number of hydrogen-bond donors (Lipinski definition) is 0. The number of piperazine rings is 1. The Kier molecular flexibility index (Phi) is 5.92. The van der Waals surface area contributed by atoms with Gasteiger partial charge in [-0.3, -0.25) is 4.98 Å². The molecule has 1 aromatic carbocycles.